The van der Waals surface area contributed by atoms with E-state index in [0.29, 0.717) is 37.8 Å². The Hall–Kier alpha value is -2.90. The highest BCUT2D eigenvalue weighted by atomic mass is 16.6. The van der Waals surface area contributed by atoms with Gasteiger partial charge in [0.05, 0.1) is 18.8 Å². The maximum atomic E-state index is 12.8. The zero-order chi connectivity index (χ0) is 25.1. The molecule has 192 valence electrons. The Balaban J connectivity index is 1.19. The van der Waals surface area contributed by atoms with Gasteiger partial charge in [0.25, 0.3) is 5.91 Å². The number of amides is 2. The van der Waals surface area contributed by atoms with Gasteiger partial charge in [-0.05, 0) is 80.9 Å². The van der Waals surface area contributed by atoms with E-state index in [1.807, 2.05) is 55.1 Å². The van der Waals surface area contributed by atoms with E-state index >= 15 is 0 Å². The lowest BCUT2D eigenvalue weighted by atomic mass is 9.92. The van der Waals surface area contributed by atoms with Gasteiger partial charge in [-0.3, -0.25) is 4.79 Å². The van der Waals surface area contributed by atoms with Crippen molar-refractivity contribution in [3.8, 4) is 11.1 Å². The summed E-state index contributed by atoms with van der Waals surface area (Å²) in [6.45, 7) is 9.73. The molecule has 4 heterocycles. The van der Waals surface area contributed by atoms with Crippen molar-refractivity contribution >= 4 is 12.0 Å². The largest absolute Gasteiger partial charge is 0.446 e. The zero-order valence-corrected chi connectivity index (χ0v) is 21.4. The molecule has 0 radical (unpaired) electrons. The third kappa shape index (κ3) is 5.57. The fourth-order valence-corrected chi connectivity index (χ4v) is 5.58. The Morgan fingerprint density at radius 3 is 2.08 bits per heavy atom. The van der Waals surface area contributed by atoms with Crippen molar-refractivity contribution in [3.63, 3.8) is 0 Å². The van der Waals surface area contributed by atoms with Crippen LogP contribution in [0.1, 0.15) is 49.0 Å². The minimum Gasteiger partial charge on any atom is -0.446 e. The fourth-order valence-electron chi connectivity index (χ4n) is 5.58. The molecule has 0 aliphatic carbocycles. The Labute approximate surface area is 213 Å². The van der Waals surface area contributed by atoms with Crippen LogP contribution in [0.5, 0.6) is 0 Å². The van der Waals surface area contributed by atoms with Gasteiger partial charge in [-0.15, -0.1) is 0 Å². The van der Waals surface area contributed by atoms with Crippen LogP contribution in [0.4, 0.5) is 4.79 Å². The van der Waals surface area contributed by atoms with Gasteiger partial charge in [-0.1, -0.05) is 36.4 Å². The summed E-state index contributed by atoms with van der Waals surface area (Å²) in [6.07, 6.45) is 2.82. The van der Waals surface area contributed by atoms with Crippen molar-refractivity contribution in [1.29, 1.82) is 0 Å². The molecule has 0 aromatic heterocycles. The van der Waals surface area contributed by atoms with Crippen molar-refractivity contribution in [1.82, 2.24) is 15.1 Å². The molecule has 1 unspecified atom stereocenters. The number of nitrogens with one attached hydrogen (secondary N) is 1. The van der Waals surface area contributed by atoms with Crippen LogP contribution in [0, 0.1) is 5.92 Å². The van der Waals surface area contributed by atoms with Crippen LogP contribution in [0.3, 0.4) is 0 Å². The molecule has 0 saturated carbocycles. The van der Waals surface area contributed by atoms with Crippen molar-refractivity contribution < 1.29 is 19.1 Å². The van der Waals surface area contributed by atoms with E-state index in [1.54, 1.807) is 0 Å². The minimum atomic E-state index is -0.559. The molecular formula is C29H37N3O4. The molecule has 4 fully saturated rings. The Morgan fingerprint density at radius 1 is 0.861 bits per heavy atom. The third-order valence-corrected chi connectivity index (χ3v) is 7.93. The molecule has 36 heavy (non-hydrogen) atoms. The van der Waals surface area contributed by atoms with Gasteiger partial charge in [0.15, 0.2) is 0 Å². The molecule has 7 heteroatoms. The minimum absolute atomic E-state index is 0.00813. The lowest BCUT2D eigenvalue weighted by Crippen LogP contribution is -2.43. The van der Waals surface area contributed by atoms with E-state index in [0.717, 1.165) is 55.6 Å². The fraction of sp³-hybridized carbons (Fsp3) is 0.517. The lowest BCUT2D eigenvalue weighted by molar-refractivity contribution is 0.0303. The van der Waals surface area contributed by atoms with Gasteiger partial charge in [0.2, 0.25) is 0 Å². The van der Waals surface area contributed by atoms with Crippen molar-refractivity contribution in [3.05, 3.63) is 59.7 Å². The van der Waals surface area contributed by atoms with Crippen LogP contribution in [0.25, 0.3) is 11.1 Å². The number of hydrogen-bond acceptors (Lipinski definition) is 5. The van der Waals surface area contributed by atoms with E-state index in [1.165, 1.54) is 0 Å². The van der Waals surface area contributed by atoms with Gasteiger partial charge in [-0.25, -0.2) is 4.79 Å². The molecule has 0 spiro atoms. The second kappa shape index (κ2) is 10.6. The van der Waals surface area contributed by atoms with Crippen LogP contribution in [0.15, 0.2) is 48.5 Å². The standard InChI is InChI=1S/C29H37N3O4/c1-29(2,30-28(34)36-26-13-16-31-14-11-23(26)12-15-31)25-9-7-22(8-10-25)21-3-5-24(6-4-21)27(33)32-17-19-35-20-18-32/h3-10,23,26H,11-20H2,1-2H3,(H,30,34). The number of benzene rings is 2. The van der Waals surface area contributed by atoms with Gasteiger partial charge in [0.1, 0.15) is 6.10 Å². The summed E-state index contributed by atoms with van der Waals surface area (Å²) in [4.78, 5) is 29.8. The number of ether oxygens (including phenoxy) is 2. The number of hydrogen-bond donors (Lipinski definition) is 1. The molecule has 1 atom stereocenters. The number of morpholine rings is 1. The highest BCUT2D eigenvalue weighted by molar-refractivity contribution is 5.94. The molecule has 2 aromatic rings. The van der Waals surface area contributed by atoms with Gasteiger partial charge >= 0.3 is 6.09 Å². The molecule has 7 nitrogen and oxygen atoms in total. The molecule has 2 amide bonds. The van der Waals surface area contributed by atoms with Crippen LogP contribution in [-0.4, -0.2) is 73.8 Å². The van der Waals surface area contributed by atoms with Crippen molar-refractivity contribution in [2.45, 2.75) is 44.8 Å². The number of fused-ring (bicyclic) bond motifs is 4. The normalized spacial score (nSPS) is 24.2. The van der Waals surface area contributed by atoms with E-state index in [4.69, 9.17) is 9.47 Å². The Kier molecular flexibility index (Phi) is 7.30. The summed E-state index contributed by atoms with van der Waals surface area (Å²) < 4.78 is 11.3. The first-order valence-corrected chi connectivity index (χ1v) is 13.2. The van der Waals surface area contributed by atoms with E-state index in [2.05, 4.69) is 22.3 Å². The number of rotatable bonds is 5. The third-order valence-electron chi connectivity index (χ3n) is 7.93. The SMILES string of the molecule is CC(C)(NC(=O)OC1CCN2CCC1CC2)c1ccc(-c2ccc(C(=O)N3CCOCC3)cc2)cc1. The average molecular weight is 492 g/mol. The number of alkyl carbamates (subject to hydrolysis) is 1. The summed E-state index contributed by atoms with van der Waals surface area (Å²) in [7, 11) is 0. The molecule has 6 rings (SSSR count). The molecule has 1 N–H and O–H groups in total. The number of carbonyl (C=O) groups is 2. The summed E-state index contributed by atoms with van der Waals surface area (Å²) in [6, 6.07) is 16.0. The number of piperidine rings is 1. The number of nitrogens with zero attached hydrogens (tertiary/aromatic N) is 2. The predicted octanol–water partition coefficient (Wildman–Crippen LogP) is 4.27. The van der Waals surface area contributed by atoms with Gasteiger partial charge < -0.3 is 24.6 Å². The molecule has 2 bridgehead atoms. The molecule has 4 saturated heterocycles. The molecule has 2 aromatic carbocycles. The quantitative estimate of drug-likeness (QED) is 0.676. The smallest absolute Gasteiger partial charge is 0.408 e. The highest BCUT2D eigenvalue weighted by Crippen LogP contribution is 2.30. The summed E-state index contributed by atoms with van der Waals surface area (Å²) in [5.74, 6) is 0.529. The van der Waals surface area contributed by atoms with E-state index in [9.17, 15) is 9.59 Å². The van der Waals surface area contributed by atoms with Crippen LogP contribution in [0.2, 0.25) is 0 Å². The first-order valence-electron chi connectivity index (χ1n) is 13.2. The summed E-state index contributed by atoms with van der Waals surface area (Å²) in [5.41, 5.74) is 3.25. The second-order valence-corrected chi connectivity index (χ2v) is 10.7. The molecule has 4 aliphatic heterocycles. The highest BCUT2D eigenvalue weighted by Gasteiger charge is 2.34. The Bertz CT molecular complexity index is 1050. The predicted molar refractivity (Wildman–Crippen MR) is 139 cm³/mol. The first kappa shape index (κ1) is 24.8. The lowest BCUT2D eigenvalue weighted by Gasteiger charge is -2.31. The average Bonchev–Trinajstić information content (AvgIpc) is 3.21. The van der Waals surface area contributed by atoms with E-state index in [-0.39, 0.29) is 18.1 Å². The van der Waals surface area contributed by atoms with Crippen LogP contribution in [-0.2, 0) is 15.0 Å². The monoisotopic (exact) mass is 491 g/mol. The maximum Gasteiger partial charge on any atom is 0.408 e. The van der Waals surface area contributed by atoms with Gasteiger partial charge in [-0.2, -0.15) is 0 Å². The molecular weight excluding hydrogens is 454 g/mol. The Morgan fingerprint density at radius 2 is 1.44 bits per heavy atom. The van der Waals surface area contributed by atoms with Crippen molar-refractivity contribution in [2.75, 3.05) is 45.9 Å². The summed E-state index contributed by atoms with van der Waals surface area (Å²) in [5, 5.41) is 3.08. The first-order chi connectivity index (χ1) is 17.4. The van der Waals surface area contributed by atoms with E-state index < -0.39 is 5.54 Å². The zero-order valence-electron chi connectivity index (χ0n) is 21.4. The topological polar surface area (TPSA) is 71.1 Å². The number of carbonyl (C=O) groups excluding carboxylic acids is 2. The maximum absolute atomic E-state index is 12.8. The summed E-state index contributed by atoms with van der Waals surface area (Å²) >= 11 is 0. The van der Waals surface area contributed by atoms with Crippen molar-refractivity contribution in [2.24, 2.45) is 5.92 Å². The van der Waals surface area contributed by atoms with Gasteiger partial charge in [0, 0.05) is 25.2 Å². The van der Waals surface area contributed by atoms with Crippen LogP contribution < -0.4 is 5.32 Å². The molecule has 4 aliphatic rings. The second-order valence-electron chi connectivity index (χ2n) is 10.7. The van der Waals surface area contributed by atoms with Crippen LogP contribution >= 0.6 is 0 Å².